The van der Waals surface area contributed by atoms with Crippen molar-refractivity contribution in [2.45, 2.75) is 13.1 Å². The van der Waals surface area contributed by atoms with E-state index >= 15 is 0 Å². The van der Waals surface area contributed by atoms with Crippen LogP contribution < -0.4 is 5.32 Å². The summed E-state index contributed by atoms with van der Waals surface area (Å²) in [5, 5.41) is 2.59. The predicted molar refractivity (Wildman–Crippen MR) is 64.9 cm³/mol. The lowest BCUT2D eigenvalue weighted by atomic mass is 10.3. The number of hydrogen-bond donors (Lipinski definition) is 1. The first kappa shape index (κ1) is 13.9. The average molecular weight is 338 g/mol. The van der Waals surface area contributed by atoms with Crippen molar-refractivity contribution in [2.75, 3.05) is 5.32 Å². The van der Waals surface area contributed by atoms with Gasteiger partial charge >= 0.3 is 6.55 Å². The van der Waals surface area contributed by atoms with Gasteiger partial charge in [0.05, 0.1) is 16.7 Å². The Morgan fingerprint density at radius 2 is 2.00 bits per heavy atom. The molecule has 1 aromatic heterocycles. The van der Waals surface area contributed by atoms with E-state index in [0.717, 1.165) is 6.20 Å². The minimum absolute atomic E-state index is 0.00269. The molecule has 0 saturated heterocycles. The first-order chi connectivity index (χ1) is 8.99. The second kappa shape index (κ2) is 5.60. The van der Waals surface area contributed by atoms with Gasteiger partial charge in [0.1, 0.15) is 17.5 Å². The molecule has 1 N–H and O–H groups in total. The number of halogens is 5. The quantitative estimate of drug-likeness (QED) is 0.676. The van der Waals surface area contributed by atoms with Crippen LogP contribution in [0, 0.1) is 11.6 Å². The maximum Gasteiger partial charge on any atom is 0.319 e. The number of benzene rings is 1. The molecule has 8 heteroatoms. The smallest absolute Gasteiger partial charge is 0.319 e. The van der Waals surface area contributed by atoms with E-state index < -0.39 is 18.2 Å². The Bertz CT molecular complexity index is 585. The summed E-state index contributed by atoms with van der Waals surface area (Å²) in [6, 6.07) is 1.90. The third-order valence-electron chi connectivity index (χ3n) is 2.41. The Hall–Kier alpha value is -1.57. The molecule has 0 fully saturated rings. The molecule has 0 atom stereocenters. The fourth-order valence-electron chi connectivity index (χ4n) is 1.49. The van der Waals surface area contributed by atoms with Gasteiger partial charge in [-0.1, -0.05) is 0 Å². The lowest BCUT2D eigenvalue weighted by Gasteiger charge is -2.10. The summed E-state index contributed by atoms with van der Waals surface area (Å²) >= 11 is 2.91. The van der Waals surface area contributed by atoms with E-state index in [9.17, 15) is 17.6 Å². The summed E-state index contributed by atoms with van der Waals surface area (Å²) < 4.78 is 52.3. The van der Waals surface area contributed by atoms with Crippen LogP contribution in [0.15, 0.2) is 29.0 Å². The second-order valence-corrected chi connectivity index (χ2v) is 4.48. The van der Waals surface area contributed by atoms with Crippen LogP contribution >= 0.6 is 15.9 Å². The van der Waals surface area contributed by atoms with Crippen LogP contribution in [0.25, 0.3) is 0 Å². The van der Waals surface area contributed by atoms with E-state index in [-0.39, 0.29) is 22.5 Å². The fourth-order valence-corrected chi connectivity index (χ4v) is 1.83. The Balaban J connectivity index is 2.15. The molecule has 0 aliphatic rings. The molecule has 2 rings (SSSR count). The monoisotopic (exact) mass is 337 g/mol. The Kier molecular flexibility index (Phi) is 4.08. The summed E-state index contributed by atoms with van der Waals surface area (Å²) in [6.45, 7) is -2.82. The molecule has 0 bridgehead atoms. The van der Waals surface area contributed by atoms with Gasteiger partial charge in [0.15, 0.2) is 0 Å². The highest BCUT2D eigenvalue weighted by Gasteiger charge is 2.13. The highest BCUT2D eigenvalue weighted by molar-refractivity contribution is 9.10. The summed E-state index contributed by atoms with van der Waals surface area (Å²) in [6.07, 6.45) is 2.35. The van der Waals surface area contributed by atoms with E-state index in [2.05, 4.69) is 26.2 Å². The molecular formula is C11H8BrF4N3. The number of imidazole rings is 1. The van der Waals surface area contributed by atoms with Crippen LogP contribution in [-0.2, 0) is 6.54 Å². The first-order valence-electron chi connectivity index (χ1n) is 5.17. The molecule has 102 valence electrons. The molecule has 0 amide bonds. The summed E-state index contributed by atoms with van der Waals surface area (Å²) in [4.78, 5) is 3.73. The largest absolute Gasteiger partial charge is 0.375 e. The molecule has 0 radical (unpaired) electrons. The summed E-state index contributed by atoms with van der Waals surface area (Å²) in [7, 11) is 0. The molecule has 0 spiro atoms. The number of alkyl halides is 2. The molecule has 19 heavy (non-hydrogen) atoms. The second-order valence-electron chi connectivity index (χ2n) is 3.63. The standard InChI is InChI=1S/C11H8BrF4N3/c12-6-3-9(8(14)4-7(6)13)18-5-10-17-1-2-19(10)11(15)16/h1-4,11,18H,5H2. The van der Waals surface area contributed by atoms with Crippen molar-refractivity contribution < 1.29 is 17.6 Å². The fraction of sp³-hybridized carbons (Fsp3) is 0.182. The number of aromatic nitrogens is 2. The van der Waals surface area contributed by atoms with Gasteiger partial charge in [0, 0.05) is 18.5 Å². The van der Waals surface area contributed by atoms with Crippen LogP contribution in [0.3, 0.4) is 0 Å². The van der Waals surface area contributed by atoms with E-state index in [1.54, 1.807) is 0 Å². The maximum atomic E-state index is 13.4. The van der Waals surface area contributed by atoms with Gasteiger partial charge in [-0.2, -0.15) is 8.78 Å². The minimum atomic E-state index is -2.72. The van der Waals surface area contributed by atoms with Crippen molar-refractivity contribution in [1.29, 1.82) is 0 Å². The third-order valence-corrected chi connectivity index (χ3v) is 3.01. The van der Waals surface area contributed by atoms with Crippen LogP contribution in [0.4, 0.5) is 23.2 Å². The molecule has 0 aliphatic heterocycles. The van der Waals surface area contributed by atoms with Crippen molar-refractivity contribution in [2.24, 2.45) is 0 Å². The van der Waals surface area contributed by atoms with Crippen molar-refractivity contribution in [1.82, 2.24) is 9.55 Å². The molecular weight excluding hydrogens is 330 g/mol. The molecule has 1 heterocycles. The van der Waals surface area contributed by atoms with Crippen LogP contribution in [0.1, 0.15) is 12.4 Å². The number of hydrogen-bond acceptors (Lipinski definition) is 2. The lowest BCUT2D eigenvalue weighted by molar-refractivity contribution is 0.0673. The zero-order valence-corrected chi connectivity index (χ0v) is 11.0. The molecule has 0 aliphatic carbocycles. The Morgan fingerprint density at radius 3 is 2.68 bits per heavy atom. The normalized spacial score (nSPS) is 11.1. The van der Waals surface area contributed by atoms with Gasteiger partial charge in [-0.05, 0) is 22.0 Å². The molecule has 2 aromatic rings. The molecule has 0 unspecified atom stereocenters. The van der Waals surface area contributed by atoms with Gasteiger partial charge in [-0.15, -0.1) is 0 Å². The third kappa shape index (κ3) is 3.06. The van der Waals surface area contributed by atoms with Crippen LogP contribution in [0.2, 0.25) is 0 Å². The van der Waals surface area contributed by atoms with Gasteiger partial charge in [-0.3, -0.25) is 4.57 Å². The first-order valence-corrected chi connectivity index (χ1v) is 5.96. The zero-order chi connectivity index (χ0) is 14.0. The SMILES string of the molecule is Fc1cc(F)c(NCc2nccn2C(F)F)cc1Br. The number of nitrogens with one attached hydrogen (secondary N) is 1. The lowest BCUT2D eigenvalue weighted by Crippen LogP contribution is -2.10. The van der Waals surface area contributed by atoms with Crippen molar-refractivity contribution in [3.05, 3.63) is 46.5 Å². The highest BCUT2D eigenvalue weighted by Crippen LogP contribution is 2.24. The van der Waals surface area contributed by atoms with Gasteiger partial charge in [0.25, 0.3) is 0 Å². The topological polar surface area (TPSA) is 29.9 Å². The minimum Gasteiger partial charge on any atom is -0.375 e. The van der Waals surface area contributed by atoms with E-state index in [0.29, 0.717) is 10.6 Å². The van der Waals surface area contributed by atoms with E-state index in [1.165, 1.54) is 12.3 Å². The van der Waals surface area contributed by atoms with Gasteiger partial charge in [0.2, 0.25) is 0 Å². The van der Waals surface area contributed by atoms with Crippen molar-refractivity contribution in [3.63, 3.8) is 0 Å². The zero-order valence-electron chi connectivity index (χ0n) is 9.38. The van der Waals surface area contributed by atoms with E-state index in [1.807, 2.05) is 0 Å². The van der Waals surface area contributed by atoms with Gasteiger partial charge < -0.3 is 5.32 Å². The number of anilines is 1. The molecule has 1 aromatic carbocycles. The highest BCUT2D eigenvalue weighted by atomic mass is 79.9. The van der Waals surface area contributed by atoms with E-state index in [4.69, 9.17) is 0 Å². The Morgan fingerprint density at radius 1 is 1.26 bits per heavy atom. The van der Waals surface area contributed by atoms with Gasteiger partial charge in [-0.25, -0.2) is 13.8 Å². The van der Waals surface area contributed by atoms with Crippen molar-refractivity contribution in [3.8, 4) is 0 Å². The van der Waals surface area contributed by atoms with Crippen molar-refractivity contribution >= 4 is 21.6 Å². The number of nitrogens with zero attached hydrogens (tertiary/aromatic N) is 2. The summed E-state index contributed by atoms with van der Waals surface area (Å²) in [5.74, 6) is -1.50. The van der Waals surface area contributed by atoms with Crippen LogP contribution in [0.5, 0.6) is 0 Å². The van der Waals surface area contributed by atoms with Crippen LogP contribution in [-0.4, -0.2) is 9.55 Å². The average Bonchev–Trinajstić information content (AvgIpc) is 2.80. The summed E-state index contributed by atoms with van der Waals surface area (Å²) in [5.41, 5.74) is -0.00269. The molecule has 0 saturated carbocycles. The predicted octanol–water partition coefficient (Wildman–Crippen LogP) is 3.93. The Labute approximate surface area is 114 Å². The number of rotatable bonds is 4. The molecule has 3 nitrogen and oxygen atoms in total. The maximum absolute atomic E-state index is 13.4.